The van der Waals surface area contributed by atoms with Crippen molar-refractivity contribution in [3.63, 3.8) is 0 Å². The number of imidazole rings is 1. The van der Waals surface area contributed by atoms with Crippen LogP contribution in [0.15, 0.2) is 36.1 Å². The maximum Gasteiger partial charge on any atom is 0.356 e. The molecule has 0 unspecified atom stereocenters. The van der Waals surface area contributed by atoms with E-state index in [4.69, 9.17) is 4.74 Å². The van der Waals surface area contributed by atoms with Crippen LogP contribution in [0.1, 0.15) is 17.4 Å². The number of rotatable bonds is 3. The monoisotopic (exact) mass is 273 g/mol. The van der Waals surface area contributed by atoms with Crippen LogP contribution in [0.2, 0.25) is 0 Å². The third-order valence-corrected chi connectivity index (χ3v) is 3.49. The minimum absolute atomic E-state index is 0.330. The van der Waals surface area contributed by atoms with Crippen LogP contribution in [0.25, 0.3) is 16.2 Å². The molecule has 0 aromatic carbocycles. The zero-order valence-electron chi connectivity index (χ0n) is 10.2. The summed E-state index contributed by atoms with van der Waals surface area (Å²) in [6, 6.07) is 3.79. The molecule has 19 heavy (non-hydrogen) atoms. The number of carbonyl (C=O) groups is 1. The van der Waals surface area contributed by atoms with Gasteiger partial charge in [-0.25, -0.2) is 9.78 Å². The van der Waals surface area contributed by atoms with Crippen molar-refractivity contribution in [1.29, 1.82) is 0 Å². The first-order chi connectivity index (χ1) is 9.29. The molecule has 0 saturated heterocycles. The molecule has 0 radical (unpaired) electrons. The van der Waals surface area contributed by atoms with E-state index in [-0.39, 0.29) is 5.97 Å². The molecule has 0 fully saturated rings. The zero-order valence-corrected chi connectivity index (χ0v) is 11.1. The van der Waals surface area contributed by atoms with E-state index in [1.807, 2.05) is 18.3 Å². The number of esters is 1. The summed E-state index contributed by atoms with van der Waals surface area (Å²) in [4.78, 5) is 21.1. The Morgan fingerprint density at radius 1 is 1.53 bits per heavy atom. The summed E-state index contributed by atoms with van der Waals surface area (Å²) in [5.41, 5.74) is 2.23. The second-order valence-corrected chi connectivity index (χ2v) is 4.70. The lowest BCUT2D eigenvalue weighted by Crippen LogP contribution is -2.06. The molecular weight excluding hydrogens is 262 g/mol. The highest BCUT2D eigenvalue weighted by molar-refractivity contribution is 7.15. The van der Waals surface area contributed by atoms with Gasteiger partial charge < -0.3 is 4.74 Å². The second-order valence-electron chi connectivity index (χ2n) is 3.86. The number of nitrogens with zero attached hydrogens (tertiary/aromatic N) is 3. The Morgan fingerprint density at radius 3 is 3.16 bits per heavy atom. The molecule has 3 heterocycles. The van der Waals surface area contributed by atoms with Gasteiger partial charge in [0.2, 0.25) is 0 Å². The molecule has 0 aliphatic carbocycles. The molecule has 3 rings (SSSR count). The van der Waals surface area contributed by atoms with Crippen molar-refractivity contribution in [3.8, 4) is 11.3 Å². The third kappa shape index (κ3) is 2.10. The fourth-order valence-corrected chi connectivity index (χ4v) is 2.63. The Morgan fingerprint density at radius 2 is 2.42 bits per heavy atom. The van der Waals surface area contributed by atoms with Gasteiger partial charge in [-0.15, -0.1) is 11.3 Å². The molecule has 6 heteroatoms. The van der Waals surface area contributed by atoms with Crippen LogP contribution in [0.4, 0.5) is 0 Å². The number of hydrogen-bond donors (Lipinski definition) is 0. The van der Waals surface area contributed by atoms with Gasteiger partial charge in [0.25, 0.3) is 0 Å². The first-order valence-corrected chi connectivity index (χ1v) is 6.71. The molecule has 0 atom stereocenters. The van der Waals surface area contributed by atoms with Crippen molar-refractivity contribution in [2.24, 2.45) is 0 Å². The quantitative estimate of drug-likeness (QED) is 0.688. The molecule has 0 N–H and O–H groups in total. The van der Waals surface area contributed by atoms with Crippen LogP contribution < -0.4 is 0 Å². The predicted molar refractivity (Wildman–Crippen MR) is 72.3 cm³/mol. The topological polar surface area (TPSA) is 56.5 Å². The van der Waals surface area contributed by atoms with Gasteiger partial charge in [-0.05, 0) is 19.1 Å². The van der Waals surface area contributed by atoms with E-state index in [1.54, 1.807) is 29.1 Å². The molecule has 0 spiro atoms. The number of pyridine rings is 1. The number of thiazole rings is 1. The van der Waals surface area contributed by atoms with Crippen molar-refractivity contribution in [3.05, 3.63) is 41.8 Å². The molecule has 3 aromatic rings. The summed E-state index contributed by atoms with van der Waals surface area (Å²) in [5.74, 6) is -0.330. The molecule has 5 nitrogen and oxygen atoms in total. The highest BCUT2D eigenvalue weighted by atomic mass is 32.1. The molecule has 3 aromatic heterocycles. The molecule has 0 amide bonds. The summed E-state index contributed by atoms with van der Waals surface area (Å²) in [5, 5.41) is 1.76. The maximum absolute atomic E-state index is 11.8. The fourth-order valence-electron chi connectivity index (χ4n) is 1.79. The maximum atomic E-state index is 11.8. The van der Waals surface area contributed by atoms with Gasteiger partial charge >= 0.3 is 5.97 Å². The van der Waals surface area contributed by atoms with Crippen LogP contribution in [-0.4, -0.2) is 26.9 Å². The van der Waals surface area contributed by atoms with Crippen LogP contribution >= 0.6 is 11.3 Å². The first-order valence-electron chi connectivity index (χ1n) is 5.83. The standard InChI is InChI=1S/C13H11N3O2S/c1-2-18-12(17)11-8-19-13-15-10(7-16(11)13)9-4-3-5-14-6-9/h3-8H,2H2,1H3. The van der Waals surface area contributed by atoms with Gasteiger partial charge in [0.1, 0.15) is 5.69 Å². The van der Waals surface area contributed by atoms with E-state index in [1.165, 1.54) is 11.3 Å². The number of ether oxygens (including phenoxy) is 1. The lowest BCUT2D eigenvalue weighted by Gasteiger charge is -1.99. The Hall–Kier alpha value is -2.21. The van der Waals surface area contributed by atoms with Crippen LogP contribution in [0.5, 0.6) is 0 Å². The van der Waals surface area contributed by atoms with E-state index in [0.717, 1.165) is 16.2 Å². The molecule has 0 saturated carbocycles. The van der Waals surface area contributed by atoms with Crippen LogP contribution in [0.3, 0.4) is 0 Å². The normalized spacial score (nSPS) is 10.8. The van der Waals surface area contributed by atoms with Gasteiger partial charge in [-0.2, -0.15) is 0 Å². The van der Waals surface area contributed by atoms with E-state index in [2.05, 4.69) is 9.97 Å². The van der Waals surface area contributed by atoms with Gasteiger partial charge in [0.15, 0.2) is 4.96 Å². The average molecular weight is 273 g/mol. The SMILES string of the molecule is CCOC(=O)c1csc2nc(-c3cccnc3)cn12. The van der Waals surface area contributed by atoms with Gasteiger partial charge in [-0.1, -0.05) is 0 Å². The second kappa shape index (κ2) is 4.81. The number of fused-ring (bicyclic) bond motifs is 1. The Labute approximate surface area is 113 Å². The Kier molecular flexibility index (Phi) is 3.00. The lowest BCUT2D eigenvalue weighted by atomic mass is 10.2. The molecule has 0 aliphatic heterocycles. The Balaban J connectivity index is 2.05. The largest absolute Gasteiger partial charge is 0.461 e. The Bertz CT molecular complexity index is 718. The van der Waals surface area contributed by atoms with Crippen molar-refractivity contribution in [1.82, 2.24) is 14.4 Å². The minimum Gasteiger partial charge on any atom is -0.461 e. The summed E-state index contributed by atoms with van der Waals surface area (Å²) in [7, 11) is 0. The third-order valence-electron chi connectivity index (χ3n) is 2.65. The number of hydrogen-bond acceptors (Lipinski definition) is 5. The summed E-state index contributed by atoms with van der Waals surface area (Å²) >= 11 is 1.41. The fraction of sp³-hybridized carbons (Fsp3) is 0.154. The number of aromatic nitrogens is 3. The van der Waals surface area contributed by atoms with Gasteiger partial charge in [0, 0.05) is 29.5 Å². The predicted octanol–water partition coefficient (Wildman–Crippen LogP) is 2.63. The molecule has 0 bridgehead atoms. The molecular formula is C13H11N3O2S. The summed E-state index contributed by atoms with van der Waals surface area (Å²) in [6.07, 6.45) is 5.29. The smallest absolute Gasteiger partial charge is 0.356 e. The molecule has 0 aliphatic rings. The van der Waals surface area contributed by atoms with E-state index in [9.17, 15) is 4.79 Å². The summed E-state index contributed by atoms with van der Waals surface area (Å²) in [6.45, 7) is 2.15. The highest BCUT2D eigenvalue weighted by Gasteiger charge is 2.15. The van der Waals surface area contributed by atoms with E-state index in [0.29, 0.717) is 12.3 Å². The zero-order chi connectivity index (χ0) is 13.2. The van der Waals surface area contributed by atoms with E-state index < -0.39 is 0 Å². The van der Waals surface area contributed by atoms with Crippen molar-refractivity contribution in [2.45, 2.75) is 6.92 Å². The van der Waals surface area contributed by atoms with Gasteiger partial charge in [-0.3, -0.25) is 9.38 Å². The van der Waals surface area contributed by atoms with E-state index >= 15 is 0 Å². The van der Waals surface area contributed by atoms with Crippen molar-refractivity contribution < 1.29 is 9.53 Å². The average Bonchev–Trinajstić information content (AvgIpc) is 2.99. The highest BCUT2D eigenvalue weighted by Crippen LogP contribution is 2.23. The first kappa shape index (κ1) is 11.9. The van der Waals surface area contributed by atoms with Crippen molar-refractivity contribution >= 4 is 22.3 Å². The van der Waals surface area contributed by atoms with Crippen LogP contribution in [-0.2, 0) is 4.74 Å². The number of carbonyl (C=O) groups excluding carboxylic acids is 1. The summed E-state index contributed by atoms with van der Waals surface area (Å²) < 4.78 is 6.77. The minimum atomic E-state index is -0.330. The van der Waals surface area contributed by atoms with Crippen molar-refractivity contribution in [2.75, 3.05) is 6.61 Å². The molecule has 96 valence electrons. The van der Waals surface area contributed by atoms with Gasteiger partial charge in [0.05, 0.1) is 12.3 Å². The van der Waals surface area contributed by atoms with Crippen LogP contribution in [0, 0.1) is 0 Å². The lowest BCUT2D eigenvalue weighted by molar-refractivity contribution is 0.0518.